The molecule has 0 bridgehead atoms. The predicted molar refractivity (Wildman–Crippen MR) is 81.7 cm³/mol. The van der Waals surface area contributed by atoms with Crippen molar-refractivity contribution in [2.24, 2.45) is 0 Å². The molecule has 2 aromatic rings. The molecular formula is C15H12BrClF2O2. The molecule has 21 heavy (non-hydrogen) atoms. The number of methoxy groups -OCH3 is 2. The monoisotopic (exact) mass is 376 g/mol. The van der Waals surface area contributed by atoms with Gasteiger partial charge in [0.2, 0.25) is 0 Å². The number of hydrogen-bond donors (Lipinski definition) is 0. The highest BCUT2D eigenvalue weighted by atomic mass is 79.9. The zero-order valence-electron chi connectivity index (χ0n) is 11.3. The molecule has 0 saturated carbocycles. The van der Waals surface area contributed by atoms with E-state index in [1.165, 1.54) is 32.4 Å². The van der Waals surface area contributed by atoms with Crippen LogP contribution in [0.15, 0.2) is 30.3 Å². The molecule has 6 heteroatoms. The van der Waals surface area contributed by atoms with Crippen LogP contribution >= 0.6 is 27.5 Å². The minimum atomic E-state index is -0.739. The summed E-state index contributed by atoms with van der Waals surface area (Å²) in [6, 6.07) is 6.97. The van der Waals surface area contributed by atoms with Gasteiger partial charge in [-0.2, -0.15) is 0 Å². The third-order valence-electron chi connectivity index (χ3n) is 3.04. The van der Waals surface area contributed by atoms with Crippen molar-refractivity contribution in [2.45, 2.75) is 4.83 Å². The third kappa shape index (κ3) is 2.99. The van der Waals surface area contributed by atoms with Crippen LogP contribution in [0.5, 0.6) is 11.5 Å². The summed E-state index contributed by atoms with van der Waals surface area (Å²) in [7, 11) is 2.91. The summed E-state index contributed by atoms with van der Waals surface area (Å²) >= 11 is 9.48. The lowest BCUT2D eigenvalue weighted by molar-refractivity contribution is 0.391. The zero-order valence-corrected chi connectivity index (χ0v) is 13.6. The van der Waals surface area contributed by atoms with Gasteiger partial charge in [-0.15, -0.1) is 0 Å². The van der Waals surface area contributed by atoms with E-state index in [4.69, 9.17) is 21.1 Å². The van der Waals surface area contributed by atoms with Gasteiger partial charge in [-0.3, -0.25) is 0 Å². The first-order valence-electron chi connectivity index (χ1n) is 5.99. The van der Waals surface area contributed by atoms with Crippen molar-refractivity contribution in [2.75, 3.05) is 14.2 Å². The van der Waals surface area contributed by atoms with E-state index in [1.54, 1.807) is 12.1 Å². The fourth-order valence-electron chi connectivity index (χ4n) is 2.03. The van der Waals surface area contributed by atoms with Crippen molar-refractivity contribution < 1.29 is 18.3 Å². The zero-order chi connectivity index (χ0) is 15.6. The number of alkyl halides is 1. The summed E-state index contributed by atoms with van der Waals surface area (Å²) in [6.45, 7) is 0. The van der Waals surface area contributed by atoms with Crippen LogP contribution in [0.4, 0.5) is 8.78 Å². The maximum Gasteiger partial charge on any atom is 0.145 e. The Morgan fingerprint density at radius 1 is 1.05 bits per heavy atom. The molecule has 0 radical (unpaired) electrons. The molecule has 112 valence electrons. The second kappa shape index (κ2) is 6.62. The Labute approximate surface area is 134 Å². The fourth-order valence-corrected chi connectivity index (χ4v) is 3.15. The lowest BCUT2D eigenvalue weighted by Crippen LogP contribution is -2.03. The van der Waals surface area contributed by atoms with Crippen LogP contribution < -0.4 is 9.47 Å². The number of halogens is 4. The minimum Gasteiger partial charge on any atom is -0.495 e. The first kappa shape index (κ1) is 16.0. The molecule has 2 aromatic carbocycles. The lowest BCUT2D eigenvalue weighted by atomic mass is 10.0. The molecule has 0 fully saturated rings. The van der Waals surface area contributed by atoms with Crippen molar-refractivity contribution in [3.63, 3.8) is 0 Å². The van der Waals surface area contributed by atoms with Crippen molar-refractivity contribution in [3.05, 3.63) is 58.1 Å². The smallest absolute Gasteiger partial charge is 0.145 e. The maximum absolute atomic E-state index is 13.9. The topological polar surface area (TPSA) is 18.5 Å². The van der Waals surface area contributed by atoms with E-state index in [0.29, 0.717) is 17.1 Å². The largest absolute Gasteiger partial charge is 0.495 e. The van der Waals surface area contributed by atoms with Gasteiger partial charge in [0.25, 0.3) is 0 Å². The Bertz CT molecular complexity index is 644. The van der Waals surface area contributed by atoms with Crippen molar-refractivity contribution in [1.82, 2.24) is 0 Å². The predicted octanol–water partition coefficient (Wildman–Crippen LogP) is 5.12. The van der Waals surface area contributed by atoms with Crippen LogP contribution in [-0.2, 0) is 0 Å². The number of ether oxygens (including phenoxy) is 2. The average molecular weight is 378 g/mol. The first-order chi connectivity index (χ1) is 10.0. The Kier molecular flexibility index (Phi) is 5.06. The Balaban J connectivity index is 2.59. The molecule has 0 aliphatic rings. The van der Waals surface area contributed by atoms with Crippen LogP contribution in [0.1, 0.15) is 16.0 Å². The molecule has 0 saturated heterocycles. The van der Waals surface area contributed by atoms with E-state index in [-0.39, 0.29) is 10.6 Å². The van der Waals surface area contributed by atoms with Crippen LogP contribution in [0.3, 0.4) is 0 Å². The first-order valence-corrected chi connectivity index (χ1v) is 7.29. The van der Waals surface area contributed by atoms with E-state index < -0.39 is 16.5 Å². The van der Waals surface area contributed by atoms with E-state index in [1.807, 2.05) is 0 Å². The van der Waals surface area contributed by atoms with Gasteiger partial charge in [-0.25, -0.2) is 8.78 Å². The van der Waals surface area contributed by atoms with E-state index in [0.717, 1.165) is 0 Å². The van der Waals surface area contributed by atoms with Crippen LogP contribution in [0.25, 0.3) is 0 Å². The summed E-state index contributed by atoms with van der Waals surface area (Å²) < 4.78 is 38.2. The van der Waals surface area contributed by atoms with Crippen molar-refractivity contribution >= 4 is 27.5 Å². The van der Waals surface area contributed by atoms with Gasteiger partial charge in [0.05, 0.1) is 19.0 Å². The van der Waals surface area contributed by atoms with Gasteiger partial charge in [0.15, 0.2) is 0 Å². The van der Waals surface area contributed by atoms with Gasteiger partial charge < -0.3 is 9.47 Å². The molecule has 0 N–H and O–H groups in total. The molecule has 2 nitrogen and oxygen atoms in total. The maximum atomic E-state index is 13.9. The van der Waals surface area contributed by atoms with Crippen molar-refractivity contribution in [3.8, 4) is 11.5 Å². The highest BCUT2D eigenvalue weighted by molar-refractivity contribution is 9.09. The Hall–Kier alpha value is -1.33. The minimum absolute atomic E-state index is 0.1000. The number of hydrogen-bond acceptors (Lipinski definition) is 2. The van der Waals surface area contributed by atoms with Gasteiger partial charge in [-0.1, -0.05) is 39.7 Å². The average Bonchev–Trinajstić information content (AvgIpc) is 2.46. The van der Waals surface area contributed by atoms with Crippen LogP contribution in [0, 0.1) is 11.6 Å². The van der Waals surface area contributed by atoms with Gasteiger partial charge >= 0.3 is 0 Å². The standard InChI is InChI=1S/C15H12BrClF2O2/c1-20-11-7-6-8(15(21-2)14(11)17)13(16)12-9(18)4-3-5-10(12)19/h3-7,13H,1-2H3. The molecule has 0 heterocycles. The molecular weight excluding hydrogens is 366 g/mol. The molecule has 1 unspecified atom stereocenters. The van der Waals surface area contributed by atoms with E-state index >= 15 is 0 Å². The molecule has 0 aromatic heterocycles. The summed E-state index contributed by atoms with van der Waals surface area (Å²) in [4.78, 5) is -0.739. The fraction of sp³-hybridized carbons (Fsp3) is 0.200. The van der Waals surface area contributed by atoms with E-state index in [9.17, 15) is 8.78 Å². The number of benzene rings is 2. The lowest BCUT2D eigenvalue weighted by Gasteiger charge is -2.18. The summed E-state index contributed by atoms with van der Waals surface area (Å²) in [6.07, 6.45) is 0. The molecule has 0 spiro atoms. The quantitative estimate of drug-likeness (QED) is 0.689. The van der Waals surface area contributed by atoms with Gasteiger partial charge in [-0.05, 0) is 18.2 Å². The molecule has 0 aliphatic heterocycles. The summed E-state index contributed by atoms with van der Waals surface area (Å²) in [5.74, 6) is -0.566. The SMILES string of the molecule is COc1ccc(C(Br)c2c(F)cccc2F)c(OC)c1Cl. The summed E-state index contributed by atoms with van der Waals surface area (Å²) in [5, 5.41) is 0.249. The highest BCUT2D eigenvalue weighted by Crippen LogP contribution is 2.45. The Morgan fingerprint density at radius 2 is 1.67 bits per heavy atom. The summed E-state index contributed by atoms with van der Waals surface area (Å²) in [5.41, 5.74) is 0.407. The van der Waals surface area contributed by atoms with Gasteiger partial charge in [0, 0.05) is 11.1 Å². The molecule has 1 atom stereocenters. The Morgan fingerprint density at radius 3 is 2.19 bits per heavy atom. The second-order valence-electron chi connectivity index (χ2n) is 4.20. The second-order valence-corrected chi connectivity index (χ2v) is 5.50. The van der Waals surface area contributed by atoms with Gasteiger partial charge in [0.1, 0.15) is 28.2 Å². The molecule has 0 aliphatic carbocycles. The highest BCUT2D eigenvalue weighted by Gasteiger charge is 2.24. The molecule has 0 amide bonds. The van der Waals surface area contributed by atoms with E-state index in [2.05, 4.69) is 15.9 Å². The molecule has 2 rings (SSSR count). The van der Waals surface area contributed by atoms with Crippen LogP contribution in [0.2, 0.25) is 5.02 Å². The third-order valence-corrected chi connectivity index (χ3v) is 4.35. The number of rotatable bonds is 4. The van der Waals surface area contributed by atoms with Crippen molar-refractivity contribution in [1.29, 1.82) is 0 Å². The van der Waals surface area contributed by atoms with Crippen LogP contribution in [-0.4, -0.2) is 14.2 Å². The normalized spacial score (nSPS) is 12.1.